The summed E-state index contributed by atoms with van der Waals surface area (Å²) < 4.78 is 56.9. The van der Waals surface area contributed by atoms with Crippen LogP contribution in [0.1, 0.15) is 42.5 Å². The summed E-state index contributed by atoms with van der Waals surface area (Å²) in [5.41, 5.74) is -0.904. The van der Waals surface area contributed by atoms with Gasteiger partial charge < -0.3 is 9.74 Å². The van der Waals surface area contributed by atoms with Crippen molar-refractivity contribution in [2.45, 2.75) is 45.0 Å². The predicted octanol–water partition coefficient (Wildman–Crippen LogP) is 6.45. The zero-order chi connectivity index (χ0) is 26.5. The van der Waals surface area contributed by atoms with Crippen LogP contribution in [0.3, 0.4) is 0 Å². The normalized spacial score (nSPS) is 17.3. The van der Waals surface area contributed by atoms with Crippen molar-refractivity contribution in [3.05, 3.63) is 68.9 Å². The molecule has 1 amide bonds. The van der Waals surface area contributed by atoms with Crippen LogP contribution in [0.25, 0.3) is 0 Å². The van der Waals surface area contributed by atoms with E-state index in [0.717, 1.165) is 29.0 Å². The number of hydrogen-bond acceptors (Lipinski definition) is 4. The molecule has 1 unspecified atom stereocenters. The van der Waals surface area contributed by atoms with Crippen LogP contribution < -0.4 is 0 Å². The highest BCUT2D eigenvalue weighted by molar-refractivity contribution is 9.10. The van der Waals surface area contributed by atoms with E-state index < -0.39 is 24.0 Å². The van der Waals surface area contributed by atoms with Gasteiger partial charge in [0, 0.05) is 23.0 Å². The Bertz CT molecular complexity index is 1180. The predicted molar refractivity (Wildman–Crippen MR) is 137 cm³/mol. The first-order valence-corrected chi connectivity index (χ1v) is 13.2. The molecule has 0 spiro atoms. The molecule has 1 aliphatic rings. The molecule has 0 aromatic heterocycles. The molecular formula is C26H25BrF4N2O2S. The molecule has 4 nitrogen and oxygen atoms in total. The molecule has 2 aromatic carbocycles. The topological polar surface area (TPSA) is 41.9 Å². The van der Waals surface area contributed by atoms with E-state index in [1.165, 1.54) is 17.8 Å². The summed E-state index contributed by atoms with van der Waals surface area (Å²) in [5.74, 6) is 2.74. The van der Waals surface area contributed by atoms with E-state index >= 15 is 0 Å². The number of oxime groups is 1. The minimum atomic E-state index is -4.84. The van der Waals surface area contributed by atoms with E-state index in [1.54, 1.807) is 23.1 Å². The average molecular weight is 585 g/mol. The fourth-order valence-electron chi connectivity index (χ4n) is 3.96. The van der Waals surface area contributed by atoms with Crippen LogP contribution in [-0.4, -0.2) is 40.7 Å². The van der Waals surface area contributed by atoms with Gasteiger partial charge in [-0.15, -0.1) is 6.42 Å². The number of hydrogen-bond donors (Lipinski definition) is 0. The summed E-state index contributed by atoms with van der Waals surface area (Å²) in [6, 6.07) is 8.25. The first-order valence-electron chi connectivity index (χ1n) is 11.2. The Balaban J connectivity index is 1.90. The summed E-state index contributed by atoms with van der Waals surface area (Å²) in [5, 5.41) is 3.78. The highest BCUT2D eigenvalue weighted by Crippen LogP contribution is 2.49. The lowest BCUT2D eigenvalue weighted by Crippen LogP contribution is -2.42. The van der Waals surface area contributed by atoms with E-state index in [2.05, 4.69) is 27.0 Å². The number of terminal acetylenes is 1. The minimum absolute atomic E-state index is 0.0734. The Labute approximate surface area is 220 Å². The molecule has 0 N–H and O–H groups in total. The number of benzene rings is 2. The van der Waals surface area contributed by atoms with Gasteiger partial charge in [-0.3, -0.25) is 4.79 Å². The molecule has 3 rings (SSSR count). The number of carbonyl (C=O) groups is 1. The van der Waals surface area contributed by atoms with Gasteiger partial charge in [-0.1, -0.05) is 53.0 Å². The van der Waals surface area contributed by atoms with Crippen molar-refractivity contribution in [1.29, 1.82) is 0 Å². The van der Waals surface area contributed by atoms with Crippen molar-refractivity contribution < 1.29 is 27.2 Å². The molecule has 2 aromatic rings. The molecule has 1 atom stereocenters. The lowest BCUT2D eigenvalue weighted by Gasteiger charge is -2.29. The smallest absolute Gasteiger partial charge is 0.374 e. The van der Waals surface area contributed by atoms with Crippen molar-refractivity contribution >= 4 is 39.3 Å². The molecule has 36 heavy (non-hydrogen) atoms. The average Bonchev–Trinajstić information content (AvgIpc) is 3.29. The molecule has 1 aliphatic heterocycles. The van der Waals surface area contributed by atoms with Gasteiger partial charge in [0.1, 0.15) is 5.82 Å². The third-order valence-electron chi connectivity index (χ3n) is 5.86. The standard InChI is InChI=1S/C26H25BrF4N2O2S/c1-4-9-33(24(34)16-36-6-3)15-19-8-7-18(10-17(19)5-2)23-14-25(35-32-23,26(29,30)31)20-11-21(27)13-22(28)12-20/h1,7-8,10-13H,5-6,9,14-16H2,2-3H3. The number of nitrogens with zero attached hydrogens (tertiary/aromatic N) is 2. The third kappa shape index (κ3) is 6.06. The van der Waals surface area contributed by atoms with Gasteiger partial charge in [-0.2, -0.15) is 24.9 Å². The maximum Gasteiger partial charge on any atom is 0.435 e. The summed E-state index contributed by atoms with van der Waals surface area (Å²) in [4.78, 5) is 19.2. The Hall–Kier alpha value is -2.51. The summed E-state index contributed by atoms with van der Waals surface area (Å²) in [6.45, 7) is 4.34. The zero-order valence-corrected chi connectivity index (χ0v) is 22.2. The molecule has 0 fully saturated rings. The van der Waals surface area contributed by atoms with Crippen molar-refractivity contribution in [1.82, 2.24) is 4.90 Å². The van der Waals surface area contributed by atoms with Gasteiger partial charge in [0.25, 0.3) is 5.60 Å². The maximum absolute atomic E-state index is 14.3. The second kappa shape index (κ2) is 11.7. The van der Waals surface area contributed by atoms with Gasteiger partial charge in [0.15, 0.2) is 0 Å². The number of aryl methyl sites for hydroxylation is 1. The van der Waals surface area contributed by atoms with Crippen LogP contribution >= 0.6 is 27.7 Å². The highest BCUT2D eigenvalue weighted by atomic mass is 79.9. The first kappa shape index (κ1) is 28.1. The molecule has 0 saturated carbocycles. The second-order valence-electron chi connectivity index (χ2n) is 8.22. The highest BCUT2D eigenvalue weighted by Gasteiger charge is 2.62. The van der Waals surface area contributed by atoms with Crippen molar-refractivity contribution in [2.75, 3.05) is 18.1 Å². The van der Waals surface area contributed by atoms with Crippen molar-refractivity contribution in [2.24, 2.45) is 5.16 Å². The number of halogens is 5. The summed E-state index contributed by atoms with van der Waals surface area (Å²) in [7, 11) is 0. The SMILES string of the molecule is C#CCN(Cc1ccc(C2=NOC(c3cc(F)cc(Br)c3)(C(F)(F)F)C2)cc1CC)C(=O)CSCC. The van der Waals surface area contributed by atoms with Crippen LogP contribution in [0.15, 0.2) is 46.0 Å². The fourth-order valence-corrected chi connectivity index (χ4v) is 4.99. The van der Waals surface area contributed by atoms with Gasteiger partial charge in [0.05, 0.1) is 18.0 Å². The van der Waals surface area contributed by atoms with Gasteiger partial charge in [-0.25, -0.2) is 4.39 Å². The van der Waals surface area contributed by atoms with Crippen LogP contribution in [0.4, 0.5) is 17.6 Å². The maximum atomic E-state index is 14.3. The Morgan fingerprint density at radius 3 is 2.61 bits per heavy atom. The van der Waals surface area contributed by atoms with Crippen LogP contribution in [0.2, 0.25) is 0 Å². The van der Waals surface area contributed by atoms with E-state index in [9.17, 15) is 22.4 Å². The Morgan fingerprint density at radius 1 is 1.25 bits per heavy atom. The second-order valence-corrected chi connectivity index (χ2v) is 10.4. The number of carbonyl (C=O) groups excluding carboxylic acids is 1. The van der Waals surface area contributed by atoms with Crippen molar-refractivity contribution in [3.63, 3.8) is 0 Å². The molecule has 192 valence electrons. The molecule has 10 heteroatoms. The number of thioether (sulfide) groups is 1. The fraction of sp³-hybridized carbons (Fsp3) is 0.385. The molecular weight excluding hydrogens is 560 g/mol. The van der Waals surface area contributed by atoms with Crippen LogP contribution in [-0.2, 0) is 28.2 Å². The van der Waals surface area contributed by atoms with Gasteiger partial charge in [0.2, 0.25) is 5.91 Å². The molecule has 0 saturated heterocycles. The largest absolute Gasteiger partial charge is 0.435 e. The minimum Gasteiger partial charge on any atom is -0.374 e. The first-order chi connectivity index (χ1) is 17.0. The monoisotopic (exact) mass is 584 g/mol. The van der Waals surface area contributed by atoms with Gasteiger partial charge in [-0.05, 0) is 53.1 Å². The molecule has 0 radical (unpaired) electrons. The molecule has 0 aliphatic carbocycles. The quantitative estimate of drug-likeness (QED) is 0.251. The van der Waals surface area contributed by atoms with E-state index in [1.807, 2.05) is 13.8 Å². The zero-order valence-electron chi connectivity index (χ0n) is 19.8. The lowest BCUT2D eigenvalue weighted by molar-refractivity contribution is -0.276. The number of amides is 1. The Morgan fingerprint density at radius 2 is 2.00 bits per heavy atom. The third-order valence-corrected chi connectivity index (χ3v) is 7.18. The number of alkyl halides is 3. The summed E-state index contributed by atoms with van der Waals surface area (Å²) >= 11 is 4.55. The molecule has 0 bridgehead atoms. The van der Waals surface area contributed by atoms with E-state index in [4.69, 9.17) is 11.3 Å². The van der Waals surface area contributed by atoms with Crippen LogP contribution in [0, 0.1) is 18.2 Å². The summed E-state index contributed by atoms with van der Waals surface area (Å²) in [6.07, 6.45) is 0.591. The molecule has 1 heterocycles. The lowest BCUT2D eigenvalue weighted by atomic mass is 9.86. The van der Waals surface area contributed by atoms with E-state index in [0.29, 0.717) is 24.3 Å². The van der Waals surface area contributed by atoms with E-state index in [-0.39, 0.29) is 28.2 Å². The Kier molecular flexibility index (Phi) is 9.12. The van der Waals surface area contributed by atoms with Crippen molar-refractivity contribution in [3.8, 4) is 12.3 Å². The van der Waals surface area contributed by atoms with Gasteiger partial charge >= 0.3 is 6.18 Å². The number of rotatable bonds is 9. The van der Waals surface area contributed by atoms with Crippen LogP contribution in [0.5, 0.6) is 0 Å².